The van der Waals surface area contributed by atoms with Crippen LogP contribution in [-0.2, 0) is 0 Å². The number of aromatic hydroxyl groups is 2. The molecule has 2 heterocycles. The maximum Gasteiger partial charge on any atom is 0.161 e. The van der Waals surface area contributed by atoms with Gasteiger partial charge < -0.3 is 29.2 Å². The molecule has 0 aromatic heterocycles. The molecule has 4 rings (SSSR count). The van der Waals surface area contributed by atoms with Gasteiger partial charge >= 0.3 is 0 Å². The van der Waals surface area contributed by atoms with E-state index < -0.39 is 0 Å². The average molecular weight is 316 g/mol. The molecular formula is C17H16O6. The van der Waals surface area contributed by atoms with E-state index in [1.54, 1.807) is 18.2 Å². The maximum atomic E-state index is 10.3. The van der Waals surface area contributed by atoms with Gasteiger partial charge in [0.15, 0.2) is 11.5 Å². The van der Waals surface area contributed by atoms with Gasteiger partial charge in [-0.2, -0.15) is 0 Å². The largest absolute Gasteiger partial charge is 0.507 e. The molecule has 120 valence electrons. The van der Waals surface area contributed by atoms with E-state index in [0.29, 0.717) is 35.2 Å². The Morgan fingerprint density at radius 3 is 2.57 bits per heavy atom. The van der Waals surface area contributed by atoms with Gasteiger partial charge in [-0.1, -0.05) is 0 Å². The van der Waals surface area contributed by atoms with E-state index in [2.05, 4.69) is 0 Å². The fourth-order valence-electron chi connectivity index (χ4n) is 3.25. The summed E-state index contributed by atoms with van der Waals surface area (Å²) in [5.74, 6) is 2.05. The van der Waals surface area contributed by atoms with Crippen molar-refractivity contribution in [2.24, 2.45) is 0 Å². The second-order valence-electron chi connectivity index (χ2n) is 5.58. The van der Waals surface area contributed by atoms with Crippen LogP contribution in [0.4, 0.5) is 0 Å². The summed E-state index contributed by atoms with van der Waals surface area (Å²) in [4.78, 5) is 0. The summed E-state index contributed by atoms with van der Waals surface area (Å²) in [7, 11) is 3.03. The van der Waals surface area contributed by atoms with Crippen LogP contribution in [0.3, 0.4) is 0 Å². The second kappa shape index (κ2) is 4.87. The molecule has 0 unspecified atom stereocenters. The van der Waals surface area contributed by atoms with E-state index in [1.165, 1.54) is 20.3 Å². The first-order chi connectivity index (χ1) is 11.1. The molecule has 2 N–H and O–H groups in total. The molecule has 0 aliphatic carbocycles. The van der Waals surface area contributed by atoms with Crippen LogP contribution < -0.4 is 18.9 Å². The highest BCUT2D eigenvalue weighted by Gasteiger charge is 2.43. The van der Waals surface area contributed by atoms with E-state index in [9.17, 15) is 10.2 Å². The van der Waals surface area contributed by atoms with E-state index in [0.717, 1.165) is 5.56 Å². The number of hydrogen-bond donors (Lipinski definition) is 2. The van der Waals surface area contributed by atoms with Gasteiger partial charge in [0.25, 0.3) is 0 Å². The number of methoxy groups -OCH3 is 2. The van der Waals surface area contributed by atoms with Crippen LogP contribution in [0.1, 0.15) is 23.1 Å². The topological polar surface area (TPSA) is 77.4 Å². The summed E-state index contributed by atoms with van der Waals surface area (Å²) in [6, 6.07) is 6.56. The van der Waals surface area contributed by atoms with Crippen LogP contribution >= 0.6 is 0 Å². The molecule has 2 aliphatic rings. The number of hydrogen-bond acceptors (Lipinski definition) is 6. The Morgan fingerprint density at radius 2 is 1.83 bits per heavy atom. The molecule has 2 atom stereocenters. The highest BCUT2D eigenvalue weighted by atomic mass is 16.5. The van der Waals surface area contributed by atoms with Gasteiger partial charge in [-0.25, -0.2) is 0 Å². The van der Waals surface area contributed by atoms with Gasteiger partial charge in [-0.05, 0) is 6.07 Å². The fourth-order valence-corrected chi connectivity index (χ4v) is 3.25. The SMILES string of the molecule is COc1cc(O)c2c(c1)O[C@H]1c3cc(OC)c(O)cc3OC[C@@H]21. The van der Waals surface area contributed by atoms with Crippen molar-refractivity contribution in [1.82, 2.24) is 0 Å². The van der Waals surface area contributed by atoms with Crippen molar-refractivity contribution in [2.45, 2.75) is 12.0 Å². The van der Waals surface area contributed by atoms with Crippen molar-refractivity contribution in [3.05, 3.63) is 35.4 Å². The summed E-state index contributed by atoms with van der Waals surface area (Å²) < 4.78 is 22.1. The second-order valence-corrected chi connectivity index (χ2v) is 5.58. The Balaban J connectivity index is 1.81. The minimum absolute atomic E-state index is 0.0183. The third kappa shape index (κ3) is 1.94. The molecule has 0 amide bonds. The van der Waals surface area contributed by atoms with Crippen molar-refractivity contribution >= 4 is 0 Å². The first-order valence-electron chi connectivity index (χ1n) is 7.23. The van der Waals surface area contributed by atoms with E-state index in [1.807, 2.05) is 0 Å². The number of rotatable bonds is 2. The van der Waals surface area contributed by atoms with E-state index in [4.69, 9.17) is 18.9 Å². The number of benzene rings is 2. The Morgan fingerprint density at radius 1 is 1.00 bits per heavy atom. The van der Waals surface area contributed by atoms with E-state index >= 15 is 0 Å². The highest BCUT2D eigenvalue weighted by Crippen LogP contribution is 2.55. The van der Waals surface area contributed by atoms with Crippen LogP contribution in [0.15, 0.2) is 24.3 Å². The standard InChI is InChI=1S/C17H16O6/c1-20-8-3-12(19)16-10-7-22-13-6-11(18)14(21-2)5-9(13)17(10)23-15(16)4-8/h3-6,10,17-19H,7H2,1-2H3/t10-,17-/m0/s1. The molecule has 2 aromatic rings. The molecule has 0 bridgehead atoms. The van der Waals surface area contributed by atoms with Crippen LogP contribution in [0, 0.1) is 0 Å². The van der Waals surface area contributed by atoms with Crippen LogP contribution in [-0.4, -0.2) is 31.0 Å². The summed E-state index contributed by atoms with van der Waals surface area (Å²) in [6.07, 6.45) is -0.304. The molecule has 2 aliphatic heterocycles. The van der Waals surface area contributed by atoms with Gasteiger partial charge in [-0.3, -0.25) is 0 Å². The normalized spacial score (nSPS) is 20.6. The smallest absolute Gasteiger partial charge is 0.161 e. The zero-order valence-electron chi connectivity index (χ0n) is 12.7. The zero-order chi connectivity index (χ0) is 16.1. The lowest BCUT2D eigenvalue weighted by molar-refractivity contribution is 0.138. The van der Waals surface area contributed by atoms with E-state index in [-0.39, 0.29) is 23.5 Å². The zero-order valence-corrected chi connectivity index (χ0v) is 12.7. The molecule has 0 saturated heterocycles. The minimum atomic E-state index is -0.304. The third-order valence-electron chi connectivity index (χ3n) is 4.36. The maximum absolute atomic E-state index is 10.3. The van der Waals surface area contributed by atoms with Gasteiger partial charge in [0.1, 0.15) is 29.1 Å². The fraction of sp³-hybridized carbons (Fsp3) is 0.294. The Hall–Kier alpha value is -2.76. The van der Waals surface area contributed by atoms with Crippen LogP contribution in [0.2, 0.25) is 0 Å². The molecule has 6 heteroatoms. The lowest BCUT2D eigenvalue weighted by Gasteiger charge is -2.28. The number of phenols is 2. The van der Waals surface area contributed by atoms with Gasteiger partial charge in [-0.15, -0.1) is 0 Å². The highest BCUT2D eigenvalue weighted by molar-refractivity contribution is 5.59. The molecular weight excluding hydrogens is 300 g/mol. The molecule has 0 saturated carbocycles. The van der Waals surface area contributed by atoms with Crippen LogP contribution in [0.25, 0.3) is 0 Å². The first-order valence-corrected chi connectivity index (χ1v) is 7.23. The van der Waals surface area contributed by atoms with Crippen molar-refractivity contribution in [2.75, 3.05) is 20.8 Å². The predicted molar refractivity (Wildman–Crippen MR) is 80.9 cm³/mol. The van der Waals surface area contributed by atoms with Gasteiger partial charge in [0, 0.05) is 29.3 Å². The number of phenolic OH excluding ortho intramolecular Hbond substituents is 2. The van der Waals surface area contributed by atoms with Crippen molar-refractivity contribution in [1.29, 1.82) is 0 Å². The summed E-state index contributed by atoms with van der Waals surface area (Å²) in [5, 5.41) is 20.2. The molecule has 0 fully saturated rings. The Kier molecular flexibility index (Phi) is 2.94. The first kappa shape index (κ1) is 13.9. The Labute approximate surface area is 132 Å². The molecule has 0 spiro atoms. The predicted octanol–water partition coefficient (Wildman–Crippen LogP) is 2.72. The molecule has 0 radical (unpaired) electrons. The van der Waals surface area contributed by atoms with Crippen molar-refractivity contribution in [3.8, 4) is 34.5 Å². The summed E-state index contributed by atoms with van der Waals surface area (Å²) >= 11 is 0. The van der Waals surface area contributed by atoms with Gasteiger partial charge in [0.05, 0.1) is 26.7 Å². The average Bonchev–Trinajstić information content (AvgIpc) is 2.93. The van der Waals surface area contributed by atoms with Gasteiger partial charge in [0.2, 0.25) is 0 Å². The molecule has 23 heavy (non-hydrogen) atoms. The summed E-state index contributed by atoms with van der Waals surface area (Å²) in [6.45, 7) is 0.357. The van der Waals surface area contributed by atoms with Crippen molar-refractivity contribution < 1.29 is 29.2 Å². The quantitative estimate of drug-likeness (QED) is 0.887. The minimum Gasteiger partial charge on any atom is -0.507 e. The third-order valence-corrected chi connectivity index (χ3v) is 4.36. The lowest BCUT2D eigenvalue weighted by Crippen LogP contribution is -2.23. The monoisotopic (exact) mass is 316 g/mol. The number of ether oxygens (including phenoxy) is 4. The number of fused-ring (bicyclic) bond motifs is 5. The molecule has 6 nitrogen and oxygen atoms in total. The Bertz CT molecular complexity index is 785. The summed E-state index contributed by atoms with van der Waals surface area (Å²) in [5.41, 5.74) is 1.50. The van der Waals surface area contributed by atoms with Crippen molar-refractivity contribution in [3.63, 3.8) is 0 Å². The van der Waals surface area contributed by atoms with Crippen LogP contribution in [0.5, 0.6) is 34.5 Å². The molecule has 2 aromatic carbocycles. The lowest BCUT2D eigenvalue weighted by atomic mass is 9.88.